The summed E-state index contributed by atoms with van der Waals surface area (Å²) in [4.78, 5) is 14.1. The maximum atomic E-state index is 14.6. The molecule has 1 aromatic heterocycles. The molecule has 8 heteroatoms. The molecule has 0 saturated carbocycles. The molecule has 2 atom stereocenters. The van der Waals surface area contributed by atoms with Crippen LogP contribution in [0.3, 0.4) is 0 Å². The molecule has 3 aromatic rings. The van der Waals surface area contributed by atoms with Crippen LogP contribution in [0.4, 0.5) is 21.7 Å². The quantitative estimate of drug-likeness (QED) is 0.330. The van der Waals surface area contributed by atoms with Gasteiger partial charge in [-0.05, 0) is 75.1 Å². The summed E-state index contributed by atoms with van der Waals surface area (Å²) in [5, 5.41) is 3.36. The van der Waals surface area contributed by atoms with Gasteiger partial charge in [-0.2, -0.15) is 0 Å². The number of rotatable bonds is 6. The van der Waals surface area contributed by atoms with Gasteiger partial charge in [0.1, 0.15) is 5.82 Å². The number of hydrogen-bond acceptors (Lipinski definition) is 7. The Morgan fingerprint density at radius 3 is 2.58 bits per heavy atom. The maximum Gasteiger partial charge on any atom is 0.227 e. The van der Waals surface area contributed by atoms with Crippen molar-refractivity contribution in [1.82, 2.24) is 19.8 Å². The number of nitrogens with two attached hydrogens (primary N) is 1. The third-order valence-electron chi connectivity index (χ3n) is 7.32. The van der Waals surface area contributed by atoms with Crippen LogP contribution in [-0.2, 0) is 13.1 Å². The minimum Gasteiger partial charge on any atom is -0.369 e. The topological polar surface area (TPSA) is 82.3 Å². The molecule has 0 spiro atoms. The summed E-state index contributed by atoms with van der Waals surface area (Å²) < 4.78 is 14.6. The minimum atomic E-state index is -0.316. The third kappa shape index (κ3) is 4.92. The van der Waals surface area contributed by atoms with E-state index in [1.54, 1.807) is 12.1 Å². The number of anilines is 3. The van der Waals surface area contributed by atoms with Gasteiger partial charge in [0, 0.05) is 60.4 Å². The number of nitrogens with zero attached hydrogens (tertiary/aromatic N) is 4. The molecule has 2 aliphatic rings. The summed E-state index contributed by atoms with van der Waals surface area (Å²) in [6, 6.07) is 12.0. The molecule has 3 heterocycles. The van der Waals surface area contributed by atoms with E-state index in [-0.39, 0.29) is 11.9 Å². The number of hydrazine groups is 1. The SMILES string of the molecule is C=C(c1ccc(NN)cc1F)N1CC[C@@H](N2Cc3cnc(Nc4cc(C)cc(C)c4)nc3C2)C[C@H]1C. The second kappa shape index (κ2) is 9.87. The highest BCUT2D eigenvalue weighted by Gasteiger charge is 2.34. The lowest BCUT2D eigenvalue weighted by molar-refractivity contribution is 0.102. The Hall–Kier alpha value is -3.49. The van der Waals surface area contributed by atoms with Crippen molar-refractivity contribution in [3.8, 4) is 0 Å². The van der Waals surface area contributed by atoms with Crippen molar-refractivity contribution >= 4 is 23.0 Å². The number of likely N-dealkylation sites (tertiary alicyclic amines) is 1. The van der Waals surface area contributed by atoms with E-state index >= 15 is 0 Å². The lowest BCUT2D eigenvalue weighted by Gasteiger charge is -2.43. The molecule has 0 aliphatic carbocycles. The fourth-order valence-corrected chi connectivity index (χ4v) is 5.55. The molecular formula is C28H34FN7. The molecule has 188 valence electrons. The third-order valence-corrected chi connectivity index (χ3v) is 7.32. The van der Waals surface area contributed by atoms with Crippen molar-refractivity contribution in [1.29, 1.82) is 0 Å². The zero-order valence-corrected chi connectivity index (χ0v) is 21.2. The molecular weight excluding hydrogens is 453 g/mol. The van der Waals surface area contributed by atoms with Crippen LogP contribution in [0.15, 0.2) is 49.2 Å². The average molecular weight is 488 g/mol. The molecule has 36 heavy (non-hydrogen) atoms. The number of halogens is 1. The molecule has 4 N–H and O–H groups in total. The van der Waals surface area contributed by atoms with E-state index in [0.717, 1.165) is 49.6 Å². The van der Waals surface area contributed by atoms with Gasteiger partial charge in [0.05, 0.1) is 11.4 Å². The lowest BCUT2D eigenvalue weighted by Crippen LogP contribution is -2.46. The van der Waals surface area contributed by atoms with E-state index in [2.05, 4.69) is 71.1 Å². The molecule has 7 nitrogen and oxygen atoms in total. The summed E-state index contributed by atoms with van der Waals surface area (Å²) in [5.41, 5.74) is 9.97. The predicted molar refractivity (Wildman–Crippen MR) is 143 cm³/mol. The molecule has 0 radical (unpaired) electrons. The molecule has 0 amide bonds. The Balaban J connectivity index is 1.22. The van der Waals surface area contributed by atoms with Crippen molar-refractivity contribution in [2.24, 2.45) is 5.84 Å². The van der Waals surface area contributed by atoms with Crippen LogP contribution in [-0.4, -0.2) is 38.4 Å². The van der Waals surface area contributed by atoms with Crippen LogP contribution in [0.1, 0.15) is 47.7 Å². The van der Waals surface area contributed by atoms with Crippen molar-refractivity contribution in [2.75, 3.05) is 17.3 Å². The Labute approximate surface area is 212 Å². The van der Waals surface area contributed by atoms with Gasteiger partial charge in [0.2, 0.25) is 5.95 Å². The zero-order valence-electron chi connectivity index (χ0n) is 21.2. The van der Waals surface area contributed by atoms with E-state index in [1.807, 2.05) is 6.20 Å². The number of aryl methyl sites for hydroxylation is 2. The minimum absolute atomic E-state index is 0.250. The first-order valence-electron chi connectivity index (χ1n) is 12.5. The van der Waals surface area contributed by atoms with Crippen molar-refractivity contribution in [3.05, 3.63) is 82.9 Å². The van der Waals surface area contributed by atoms with Gasteiger partial charge in [-0.1, -0.05) is 12.6 Å². The zero-order chi connectivity index (χ0) is 25.4. The van der Waals surface area contributed by atoms with Crippen LogP contribution >= 0.6 is 0 Å². The molecule has 0 unspecified atom stereocenters. The number of nitrogens with one attached hydrogen (secondary N) is 2. The van der Waals surface area contributed by atoms with Crippen LogP contribution in [0, 0.1) is 19.7 Å². The number of nitrogen functional groups attached to an aromatic ring is 1. The number of benzene rings is 2. The fourth-order valence-electron chi connectivity index (χ4n) is 5.55. The van der Waals surface area contributed by atoms with Crippen LogP contribution < -0.4 is 16.6 Å². The number of fused-ring (bicyclic) bond motifs is 1. The maximum absolute atomic E-state index is 14.6. The monoisotopic (exact) mass is 487 g/mol. The van der Waals surface area contributed by atoms with Gasteiger partial charge in [-0.25, -0.2) is 14.4 Å². The highest BCUT2D eigenvalue weighted by Crippen LogP contribution is 2.34. The van der Waals surface area contributed by atoms with Crippen LogP contribution in [0.5, 0.6) is 0 Å². The molecule has 2 aliphatic heterocycles. The number of aromatic nitrogens is 2. The number of piperidine rings is 1. The van der Waals surface area contributed by atoms with Crippen molar-refractivity contribution in [3.63, 3.8) is 0 Å². The van der Waals surface area contributed by atoms with E-state index in [4.69, 9.17) is 10.8 Å². The first kappa shape index (κ1) is 24.2. The molecule has 0 bridgehead atoms. The molecule has 2 aromatic carbocycles. The van der Waals surface area contributed by atoms with Crippen molar-refractivity contribution in [2.45, 2.75) is 58.8 Å². The predicted octanol–water partition coefficient (Wildman–Crippen LogP) is 5.10. The van der Waals surface area contributed by atoms with Gasteiger partial charge in [0.25, 0.3) is 0 Å². The molecule has 1 fully saturated rings. The summed E-state index contributed by atoms with van der Waals surface area (Å²) >= 11 is 0. The van der Waals surface area contributed by atoms with Gasteiger partial charge < -0.3 is 15.6 Å². The van der Waals surface area contributed by atoms with E-state index in [0.29, 0.717) is 23.2 Å². The Morgan fingerprint density at radius 2 is 1.89 bits per heavy atom. The van der Waals surface area contributed by atoms with Gasteiger partial charge in [0.15, 0.2) is 0 Å². The average Bonchev–Trinajstić information content (AvgIpc) is 3.26. The molecule has 1 saturated heterocycles. The van der Waals surface area contributed by atoms with Crippen LogP contribution in [0.2, 0.25) is 0 Å². The second-order valence-electron chi connectivity index (χ2n) is 10.1. The standard InChI is InChI=1S/C28H34FN7/c1-17-9-18(2)11-23(10-17)32-28-31-14-21-15-35(16-27(21)33-28)24-7-8-36(19(3)12-24)20(4)25-6-5-22(34-30)13-26(25)29/h5-6,9-11,13-14,19,24,34H,4,7-8,12,15-16,30H2,1-3H3,(H,31,32,33)/t19-,24-/m1/s1. The van der Waals surface area contributed by atoms with Gasteiger partial charge >= 0.3 is 0 Å². The largest absolute Gasteiger partial charge is 0.369 e. The summed E-state index contributed by atoms with van der Waals surface area (Å²) in [7, 11) is 0. The highest BCUT2D eigenvalue weighted by molar-refractivity contribution is 5.65. The Kier molecular flexibility index (Phi) is 6.64. The van der Waals surface area contributed by atoms with Gasteiger partial charge in [-0.15, -0.1) is 0 Å². The summed E-state index contributed by atoms with van der Waals surface area (Å²) in [5.74, 6) is 5.72. The normalized spacial score (nSPS) is 19.8. The first-order chi connectivity index (χ1) is 17.3. The smallest absolute Gasteiger partial charge is 0.227 e. The lowest BCUT2D eigenvalue weighted by atomic mass is 9.95. The Bertz CT molecular complexity index is 1270. The summed E-state index contributed by atoms with van der Waals surface area (Å²) in [6.45, 7) is 13.1. The van der Waals surface area contributed by atoms with E-state index < -0.39 is 0 Å². The molecule has 5 rings (SSSR count). The Morgan fingerprint density at radius 1 is 1.11 bits per heavy atom. The van der Waals surface area contributed by atoms with E-state index in [1.165, 1.54) is 22.8 Å². The first-order valence-corrected chi connectivity index (χ1v) is 12.5. The fraction of sp³-hybridized carbons (Fsp3) is 0.357. The van der Waals surface area contributed by atoms with Crippen molar-refractivity contribution < 1.29 is 4.39 Å². The number of hydrogen-bond donors (Lipinski definition) is 3. The van der Waals surface area contributed by atoms with E-state index in [9.17, 15) is 4.39 Å². The van der Waals surface area contributed by atoms with Gasteiger partial charge in [-0.3, -0.25) is 10.7 Å². The second-order valence-corrected chi connectivity index (χ2v) is 10.1. The highest BCUT2D eigenvalue weighted by atomic mass is 19.1. The van der Waals surface area contributed by atoms with Crippen LogP contribution in [0.25, 0.3) is 5.70 Å². The summed E-state index contributed by atoms with van der Waals surface area (Å²) in [6.07, 6.45) is 3.93.